The van der Waals surface area contributed by atoms with Crippen molar-refractivity contribution in [3.05, 3.63) is 0 Å². The van der Waals surface area contributed by atoms with Crippen molar-refractivity contribution >= 4 is 15.9 Å². The van der Waals surface area contributed by atoms with Crippen LogP contribution in [0.2, 0.25) is 0 Å². The summed E-state index contributed by atoms with van der Waals surface area (Å²) in [4.78, 5) is 11.9. The fourth-order valence-corrected chi connectivity index (χ4v) is 2.97. The Labute approximate surface area is 107 Å². The van der Waals surface area contributed by atoms with Gasteiger partial charge in [-0.15, -0.1) is 0 Å². The number of carbonyl (C=O) groups excluding carboxylic acids is 1. The molecule has 1 amide bonds. The highest BCUT2D eigenvalue weighted by Gasteiger charge is 2.36. The maximum atomic E-state index is 11.9. The molecule has 0 bridgehead atoms. The van der Waals surface area contributed by atoms with E-state index in [0.717, 1.165) is 10.6 Å². The molecule has 0 saturated carbocycles. The van der Waals surface area contributed by atoms with E-state index in [1.54, 1.807) is 0 Å². The second-order valence-corrected chi connectivity index (χ2v) is 6.84. The molecule has 0 spiro atoms. The monoisotopic (exact) mass is 280 g/mol. The van der Waals surface area contributed by atoms with Crippen LogP contribution in [0.3, 0.4) is 0 Å². The SMILES string of the molecule is CC(O)(CO)CNC(=O)C1CCCN1S(C)(=O)=O. The van der Waals surface area contributed by atoms with E-state index < -0.39 is 34.2 Å². The van der Waals surface area contributed by atoms with E-state index in [9.17, 15) is 18.3 Å². The zero-order valence-corrected chi connectivity index (χ0v) is 11.4. The molecule has 1 heterocycles. The van der Waals surface area contributed by atoms with E-state index in [1.807, 2.05) is 0 Å². The van der Waals surface area contributed by atoms with Gasteiger partial charge in [0.25, 0.3) is 0 Å². The van der Waals surface area contributed by atoms with Crippen molar-refractivity contribution in [3.63, 3.8) is 0 Å². The van der Waals surface area contributed by atoms with Gasteiger partial charge in [0.05, 0.1) is 12.9 Å². The molecule has 0 aromatic heterocycles. The van der Waals surface area contributed by atoms with Crippen LogP contribution in [0, 0.1) is 0 Å². The summed E-state index contributed by atoms with van der Waals surface area (Å²) in [6.07, 6.45) is 2.18. The largest absolute Gasteiger partial charge is 0.393 e. The summed E-state index contributed by atoms with van der Waals surface area (Å²) in [5, 5.41) is 20.9. The smallest absolute Gasteiger partial charge is 0.238 e. The third-order valence-corrected chi connectivity index (χ3v) is 4.21. The van der Waals surface area contributed by atoms with E-state index in [4.69, 9.17) is 5.11 Å². The van der Waals surface area contributed by atoms with E-state index in [-0.39, 0.29) is 6.54 Å². The molecule has 7 nitrogen and oxygen atoms in total. The van der Waals surface area contributed by atoms with Crippen molar-refractivity contribution in [2.75, 3.05) is 26.0 Å². The Kier molecular flexibility index (Phi) is 4.71. The molecule has 1 rings (SSSR count). The van der Waals surface area contributed by atoms with Gasteiger partial charge in [0.15, 0.2) is 0 Å². The van der Waals surface area contributed by atoms with Crippen LogP contribution in [0.5, 0.6) is 0 Å². The normalized spacial score (nSPS) is 24.8. The Bertz CT molecular complexity index is 406. The molecule has 0 radical (unpaired) electrons. The van der Waals surface area contributed by atoms with Crippen molar-refractivity contribution in [2.24, 2.45) is 0 Å². The number of rotatable bonds is 5. The molecule has 2 atom stereocenters. The summed E-state index contributed by atoms with van der Waals surface area (Å²) in [6, 6.07) is -0.713. The highest BCUT2D eigenvalue weighted by molar-refractivity contribution is 7.88. The Balaban J connectivity index is 2.62. The first kappa shape index (κ1) is 15.4. The van der Waals surface area contributed by atoms with Crippen molar-refractivity contribution in [1.82, 2.24) is 9.62 Å². The maximum absolute atomic E-state index is 11.9. The average molecular weight is 280 g/mol. The van der Waals surface area contributed by atoms with Gasteiger partial charge in [0, 0.05) is 13.1 Å². The maximum Gasteiger partial charge on any atom is 0.238 e. The Hall–Kier alpha value is -0.700. The molecular formula is C10H20N2O5S. The lowest BCUT2D eigenvalue weighted by Crippen LogP contribution is -2.50. The van der Waals surface area contributed by atoms with Gasteiger partial charge >= 0.3 is 0 Å². The third-order valence-electron chi connectivity index (χ3n) is 2.92. The van der Waals surface area contributed by atoms with Crippen LogP contribution in [0.1, 0.15) is 19.8 Å². The Morgan fingerprint density at radius 1 is 1.56 bits per heavy atom. The number of sulfonamides is 1. The number of hydrogen-bond donors (Lipinski definition) is 3. The summed E-state index contributed by atoms with van der Waals surface area (Å²) < 4.78 is 24.1. The molecule has 1 fully saturated rings. The molecule has 2 unspecified atom stereocenters. The van der Waals surface area contributed by atoms with Gasteiger partial charge in [-0.2, -0.15) is 4.31 Å². The van der Waals surface area contributed by atoms with Gasteiger partial charge < -0.3 is 15.5 Å². The molecule has 0 aromatic carbocycles. The van der Waals surface area contributed by atoms with Crippen LogP contribution in [-0.2, 0) is 14.8 Å². The number of nitrogens with zero attached hydrogens (tertiary/aromatic N) is 1. The molecular weight excluding hydrogens is 260 g/mol. The highest BCUT2D eigenvalue weighted by Crippen LogP contribution is 2.20. The quantitative estimate of drug-likeness (QED) is 0.555. The van der Waals surface area contributed by atoms with Crippen LogP contribution >= 0.6 is 0 Å². The summed E-state index contributed by atoms with van der Waals surface area (Å²) in [5.41, 5.74) is -1.40. The van der Waals surface area contributed by atoms with Gasteiger partial charge in [-0.1, -0.05) is 0 Å². The number of hydrogen-bond acceptors (Lipinski definition) is 5. The van der Waals surface area contributed by atoms with Gasteiger partial charge in [-0.3, -0.25) is 4.79 Å². The lowest BCUT2D eigenvalue weighted by Gasteiger charge is -2.25. The zero-order chi connectivity index (χ0) is 14.0. The molecule has 0 aromatic rings. The second-order valence-electron chi connectivity index (χ2n) is 4.90. The highest BCUT2D eigenvalue weighted by atomic mass is 32.2. The molecule has 1 aliphatic heterocycles. The van der Waals surface area contributed by atoms with Gasteiger partial charge in [-0.25, -0.2) is 8.42 Å². The van der Waals surface area contributed by atoms with Crippen LogP contribution in [0.15, 0.2) is 0 Å². The molecule has 3 N–H and O–H groups in total. The van der Waals surface area contributed by atoms with Gasteiger partial charge in [0.1, 0.15) is 11.6 Å². The molecule has 18 heavy (non-hydrogen) atoms. The van der Waals surface area contributed by atoms with Crippen LogP contribution in [0.25, 0.3) is 0 Å². The molecule has 1 saturated heterocycles. The predicted octanol–water partition coefficient (Wildman–Crippen LogP) is -1.73. The minimum atomic E-state index is -3.40. The number of carbonyl (C=O) groups is 1. The van der Waals surface area contributed by atoms with Gasteiger partial charge in [-0.05, 0) is 19.8 Å². The average Bonchev–Trinajstić information content (AvgIpc) is 2.74. The standard InChI is InChI=1S/C10H20N2O5S/c1-10(15,7-13)6-11-9(14)8-4-3-5-12(8)18(2,16)17/h8,13,15H,3-7H2,1-2H3,(H,11,14). The summed E-state index contributed by atoms with van der Waals surface area (Å²) in [5.74, 6) is -0.438. The number of aliphatic hydroxyl groups excluding tert-OH is 1. The molecule has 1 aliphatic rings. The molecule has 106 valence electrons. The minimum Gasteiger partial charge on any atom is -0.393 e. The fraction of sp³-hybridized carbons (Fsp3) is 0.900. The van der Waals surface area contributed by atoms with Crippen LogP contribution in [0.4, 0.5) is 0 Å². The Morgan fingerprint density at radius 2 is 2.17 bits per heavy atom. The van der Waals surface area contributed by atoms with Crippen molar-refractivity contribution in [2.45, 2.75) is 31.4 Å². The number of amides is 1. The lowest BCUT2D eigenvalue weighted by atomic mass is 10.1. The second kappa shape index (κ2) is 5.52. The number of nitrogens with one attached hydrogen (secondary N) is 1. The molecule has 8 heteroatoms. The third kappa shape index (κ3) is 3.91. The first-order valence-corrected chi connectivity index (χ1v) is 7.60. The molecule has 0 aliphatic carbocycles. The fourth-order valence-electron chi connectivity index (χ4n) is 1.85. The minimum absolute atomic E-state index is 0.115. The summed E-state index contributed by atoms with van der Waals surface area (Å²) in [6.45, 7) is 1.13. The summed E-state index contributed by atoms with van der Waals surface area (Å²) >= 11 is 0. The first-order valence-electron chi connectivity index (χ1n) is 5.75. The van der Waals surface area contributed by atoms with E-state index in [0.29, 0.717) is 19.4 Å². The Morgan fingerprint density at radius 3 is 2.67 bits per heavy atom. The van der Waals surface area contributed by atoms with Crippen molar-refractivity contribution in [1.29, 1.82) is 0 Å². The van der Waals surface area contributed by atoms with E-state index in [1.165, 1.54) is 6.92 Å². The van der Waals surface area contributed by atoms with Crippen molar-refractivity contribution < 1.29 is 23.4 Å². The lowest BCUT2D eigenvalue weighted by molar-refractivity contribution is -0.125. The first-order chi connectivity index (χ1) is 8.17. The van der Waals surface area contributed by atoms with Crippen LogP contribution < -0.4 is 5.32 Å². The zero-order valence-electron chi connectivity index (χ0n) is 10.6. The number of aliphatic hydroxyl groups is 2. The van der Waals surface area contributed by atoms with E-state index >= 15 is 0 Å². The van der Waals surface area contributed by atoms with E-state index in [2.05, 4.69) is 5.32 Å². The van der Waals surface area contributed by atoms with Gasteiger partial charge in [0.2, 0.25) is 15.9 Å². The topological polar surface area (TPSA) is 107 Å². The van der Waals surface area contributed by atoms with Crippen LogP contribution in [-0.4, -0.2) is 66.4 Å². The predicted molar refractivity (Wildman–Crippen MR) is 65.3 cm³/mol. The van der Waals surface area contributed by atoms with Crippen molar-refractivity contribution in [3.8, 4) is 0 Å². The summed E-state index contributed by atoms with van der Waals surface area (Å²) in [7, 11) is -3.40.